The Hall–Kier alpha value is -1.14. The Morgan fingerprint density at radius 2 is 2.31 bits per heavy atom. The molecule has 1 aromatic heterocycles. The van der Waals surface area contributed by atoms with Gasteiger partial charge < -0.3 is 9.21 Å². The van der Waals surface area contributed by atoms with E-state index >= 15 is 0 Å². The number of carbonyl (C=O) groups is 1. The van der Waals surface area contributed by atoms with Gasteiger partial charge in [0, 0.05) is 19.0 Å². The first-order chi connectivity index (χ1) is 7.64. The van der Waals surface area contributed by atoms with Gasteiger partial charge in [-0.15, -0.1) is 0 Å². The Kier molecular flexibility index (Phi) is 3.11. The van der Waals surface area contributed by atoms with Gasteiger partial charge in [-0.2, -0.15) is 4.31 Å². The highest BCUT2D eigenvalue weighted by Crippen LogP contribution is 2.22. The summed E-state index contributed by atoms with van der Waals surface area (Å²) in [4.78, 5) is 10.7. The molecule has 5 nitrogen and oxygen atoms in total. The molecule has 2 heterocycles. The summed E-state index contributed by atoms with van der Waals surface area (Å²) in [6.45, 7) is 0.708. The van der Waals surface area contributed by atoms with Crippen LogP contribution < -0.4 is 0 Å². The van der Waals surface area contributed by atoms with Crippen molar-refractivity contribution in [3.05, 3.63) is 18.4 Å². The molecule has 0 aromatic carbocycles. The molecule has 16 heavy (non-hydrogen) atoms. The van der Waals surface area contributed by atoms with E-state index in [4.69, 9.17) is 4.42 Å². The average molecular weight is 243 g/mol. The average Bonchev–Trinajstić information content (AvgIpc) is 2.83. The van der Waals surface area contributed by atoms with E-state index in [1.165, 1.54) is 22.7 Å². The zero-order valence-electron chi connectivity index (χ0n) is 8.70. The van der Waals surface area contributed by atoms with Crippen LogP contribution in [0.2, 0.25) is 0 Å². The lowest BCUT2D eigenvalue weighted by atomic mass is 10.0. The smallest absolute Gasteiger partial charge is 0.276 e. The fourth-order valence-corrected chi connectivity index (χ4v) is 3.28. The predicted molar refractivity (Wildman–Crippen MR) is 56.3 cm³/mol. The van der Waals surface area contributed by atoms with E-state index in [0.717, 1.165) is 12.7 Å². The second-order valence-electron chi connectivity index (χ2n) is 3.83. The van der Waals surface area contributed by atoms with E-state index in [1.54, 1.807) is 0 Å². The van der Waals surface area contributed by atoms with Crippen molar-refractivity contribution < 1.29 is 17.6 Å². The minimum absolute atomic E-state index is 0.0564. The van der Waals surface area contributed by atoms with Crippen LogP contribution in [-0.2, 0) is 14.8 Å². The van der Waals surface area contributed by atoms with Crippen molar-refractivity contribution in [2.75, 3.05) is 13.1 Å². The van der Waals surface area contributed by atoms with Gasteiger partial charge in [-0.05, 0) is 25.0 Å². The van der Waals surface area contributed by atoms with Crippen molar-refractivity contribution >= 4 is 16.3 Å². The van der Waals surface area contributed by atoms with Crippen LogP contribution in [0.25, 0.3) is 0 Å². The normalized spacial score (nSPS) is 23.1. The zero-order chi connectivity index (χ0) is 11.6. The number of rotatable bonds is 3. The fraction of sp³-hybridized carbons (Fsp3) is 0.500. The molecule has 1 atom stereocenters. The van der Waals surface area contributed by atoms with E-state index in [-0.39, 0.29) is 17.6 Å². The van der Waals surface area contributed by atoms with Gasteiger partial charge in [0.1, 0.15) is 6.29 Å². The van der Waals surface area contributed by atoms with Gasteiger partial charge in [-0.1, -0.05) is 0 Å². The number of hydrogen-bond acceptors (Lipinski definition) is 4. The van der Waals surface area contributed by atoms with E-state index in [1.807, 2.05) is 0 Å². The van der Waals surface area contributed by atoms with Gasteiger partial charge in [-0.25, -0.2) is 8.42 Å². The van der Waals surface area contributed by atoms with Crippen LogP contribution in [0.4, 0.5) is 0 Å². The van der Waals surface area contributed by atoms with Crippen LogP contribution in [-0.4, -0.2) is 32.1 Å². The maximum Gasteiger partial charge on any atom is 0.276 e. The third-order valence-corrected chi connectivity index (χ3v) is 4.45. The molecule has 0 spiro atoms. The third-order valence-electron chi connectivity index (χ3n) is 2.70. The van der Waals surface area contributed by atoms with Gasteiger partial charge in [0.15, 0.2) is 0 Å². The summed E-state index contributed by atoms with van der Waals surface area (Å²) < 4.78 is 30.3. The number of sulfonamides is 1. The van der Waals surface area contributed by atoms with Crippen molar-refractivity contribution in [2.24, 2.45) is 5.92 Å². The van der Waals surface area contributed by atoms with E-state index in [9.17, 15) is 13.2 Å². The minimum Gasteiger partial charge on any atom is -0.452 e. The van der Waals surface area contributed by atoms with Crippen LogP contribution in [0.5, 0.6) is 0 Å². The quantitative estimate of drug-likeness (QED) is 0.739. The number of furan rings is 1. The monoisotopic (exact) mass is 243 g/mol. The summed E-state index contributed by atoms with van der Waals surface area (Å²) in [5.74, 6) is -0.196. The van der Waals surface area contributed by atoms with Crippen molar-refractivity contribution in [3.8, 4) is 0 Å². The Bertz CT molecular complexity index is 451. The van der Waals surface area contributed by atoms with E-state index in [0.29, 0.717) is 13.0 Å². The van der Waals surface area contributed by atoms with Crippen molar-refractivity contribution in [2.45, 2.75) is 17.9 Å². The lowest BCUT2D eigenvalue weighted by Gasteiger charge is -2.28. The van der Waals surface area contributed by atoms with Crippen LogP contribution in [0.3, 0.4) is 0 Å². The SMILES string of the molecule is O=CC1CCCN(S(=O)(=O)c2ccco2)C1. The molecule has 0 aliphatic carbocycles. The predicted octanol–water partition coefficient (Wildman–Crippen LogP) is 0.879. The second kappa shape index (κ2) is 4.39. The Morgan fingerprint density at radius 1 is 1.50 bits per heavy atom. The highest BCUT2D eigenvalue weighted by Gasteiger charge is 2.31. The molecule has 1 saturated heterocycles. The Morgan fingerprint density at radius 3 is 2.94 bits per heavy atom. The molecule has 0 N–H and O–H groups in total. The minimum atomic E-state index is -3.55. The van der Waals surface area contributed by atoms with Gasteiger partial charge in [0.05, 0.1) is 6.26 Å². The van der Waals surface area contributed by atoms with Crippen LogP contribution in [0.15, 0.2) is 27.9 Å². The Labute approximate surface area is 94.1 Å². The van der Waals surface area contributed by atoms with E-state index < -0.39 is 10.0 Å². The number of piperidine rings is 1. The summed E-state index contributed by atoms with van der Waals surface area (Å²) in [6.07, 6.45) is 3.62. The molecule has 1 aliphatic heterocycles. The molecule has 1 aliphatic rings. The highest BCUT2D eigenvalue weighted by molar-refractivity contribution is 7.89. The molecule has 1 unspecified atom stereocenters. The molecule has 1 aromatic rings. The fourth-order valence-electron chi connectivity index (χ4n) is 1.84. The maximum atomic E-state index is 12.0. The molecule has 2 rings (SSSR count). The Balaban J connectivity index is 2.21. The molecule has 0 amide bonds. The molecule has 1 fully saturated rings. The van der Waals surface area contributed by atoms with Crippen molar-refractivity contribution in [3.63, 3.8) is 0 Å². The first-order valence-electron chi connectivity index (χ1n) is 5.13. The number of hydrogen-bond donors (Lipinski definition) is 0. The van der Waals surface area contributed by atoms with Gasteiger partial charge in [0.25, 0.3) is 10.0 Å². The second-order valence-corrected chi connectivity index (χ2v) is 5.70. The lowest BCUT2D eigenvalue weighted by Crippen LogP contribution is -2.40. The summed E-state index contributed by atoms with van der Waals surface area (Å²) in [6, 6.07) is 2.95. The first kappa shape index (κ1) is 11.3. The number of carbonyl (C=O) groups excluding carboxylic acids is 1. The third kappa shape index (κ3) is 2.03. The van der Waals surface area contributed by atoms with Gasteiger partial charge in [-0.3, -0.25) is 0 Å². The molecular weight excluding hydrogens is 230 g/mol. The van der Waals surface area contributed by atoms with Gasteiger partial charge in [0.2, 0.25) is 5.09 Å². The largest absolute Gasteiger partial charge is 0.452 e. The van der Waals surface area contributed by atoms with Crippen LogP contribution in [0.1, 0.15) is 12.8 Å². The molecule has 88 valence electrons. The summed E-state index contributed by atoms with van der Waals surface area (Å²) in [5.41, 5.74) is 0. The van der Waals surface area contributed by atoms with Crippen LogP contribution >= 0.6 is 0 Å². The van der Waals surface area contributed by atoms with Crippen molar-refractivity contribution in [1.29, 1.82) is 0 Å². The maximum absolute atomic E-state index is 12.0. The molecule has 0 bridgehead atoms. The molecule has 6 heteroatoms. The van der Waals surface area contributed by atoms with Crippen molar-refractivity contribution in [1.82, 2.24) is 4.31 Å². The number of aldehydes is 1. The lowest BCUT2D eigenvalue weighted by molar-refractivity contribution is -0.112. The summed E-state index contributed by atoms with van der Waals surface area (Å²) in [7, 11) is -3.55. The molecule has 0 radical (unpaired) electrons. The first-order valence-corrected chi connectivity index (χ1v) is 6.57. The standard InChI is InChI=1S/C10H13NO4S/c12-8-9-3-1-5-11(7-9)16(13,14)10-4-2-6-15-10/h2,4,6,8-9H,1,3,5,7H2. The zero-order valence-corrected chi connectivity index (χ0v) is 9.52. The van der Waals surface area contributed by atoms with E-state index in [2.05, 4.69) is 0 Å². The molecular formula is C10H13NO4S. The molecule has 0 saturated carbocycles. The van der Waals surface area contributed by atoms with Crippen LogP contribution in [0, 0.1) is 5.92 Å². The highest BCUT2D eigenvalue weighted by atomic mass is 32.2. The summed E-state index contributed by atoms with van der Waals surface area (Å²) in [5, 5.41) is -0.0564. The number of nitrogens with zero attached hydrogens (tertiary/aromatic N) is 1. The summed E-state index contributed by atoms with van der Waals surface area (Å²) >= 11 is 0. The van der Waals surface area contributed by atoms with Gasteiger partial charge >= 0.3 is 0 Å². The topological polar surface area (TPSA) is 67.6 Å².